The molecule has 0 bridgehead atoms. The van der Waals surface area contributed by atoms with Crippen molar-refractivity contribution in [2.24, 2.45) is 5.84 Å². The number of nitrogens with one attached hydrogen (secondary N) is 2. The normalized spacial score (nSPS) is 18.5. The summed E-state index contributed by atoms with van der Waals surface area (Å²) in [5.41, 5.74) is 2.36. The number of nitrogen functional groups attached to an aromatic ring is 1. The van der Waals surface area contributed by atoms with Gasteiger partial charge in [-0.1, -0.05) is 6.92 Å². The zero-order chi connectivity index (χ0) is 15.6. The summed E-state index contributed by atoms with van der Waals surface area (Å²) in [4.78, 5) is 39.2. The van der Waals surface area contributed by atoms with Gasteiger partial charge in [0.2, 0.25) is 29.7 Å². The summed E-state index contributed by atoms with van der Waals surface area (Å²) in [5, 5.41) is 2.30. The number of rotatable bonds is 4. The molecule has 1 atom stereocenters. The molecule has 21 heavy (non-hydrogen) atoms. The smallest absolute Gasteiger partial charge is 0.249 e. The van der Waals surface area contributed by atoms with E-state index in [9.17, 15) is 9.59 Å². The highest BCUT2D eigenvalue weighted by Gasteiger charge is 2.34. The number of nitrogens with two attached hydrogens (primary N) is 1. The third-order valence-corrected chi connectivity index (χ3v) is 3.04. The second-order valence-electron chi connectivity index (χ2n) is 4.76. The van der Waals surface area contributed by atoms with E-state index in [1.807, 2.05) is 6.92 Å². The highest BCUT2D eigenvalue weighted by atomic mass is 16.2. The van der Waals surface area contributed by atoms with Crippen LogP contribution in [0.3, 0.4) is 0 Å². The second-order valence-corrected chi connectivity index (χ2v) is 4.76. The number of imide groups is 1. The molecule has 1 aliphatic rings. The Morgan fingerprint density at radius 1 is 1.38 bits per heavy atom. The van der Waals surface area contributed by atoms with Crippen molar-refractivity contribution in [1.29, 1.82) is 0 Å². The van der Waals surface area contributed by atoms with E-state index in [0.29, 0.717) is 12.4 Å². The average Bonchev–Trinajstić information content (AvgIpc) is 2.45. The van der Waals surface area contributed by atoms with Crippen LogP contribution in [0.5, 0.6) is 0 Å². The molecule has 1 unspecified atom stereocenters. The van der Waals surface area contributed by atoms with Gasteiger partial charge in [-0.25, -0.2) is 5.84 Å². The third kappa shape index (κ3) is 2.99. The lowest BCUT2D eigenvalue weighted by Gasteiger charge is -2.33. The van der Waals surface area contributed by atoms with Crippen LogP contribution in [0.25, 0.3) is 0 Å². The molecule has 4 N–H and O–H groups in total. The summed E-state index contributed by atoms with van der Waals surface area (Å²) in [6.07, 6.45) is 0.521. The number of carbonyl (C=O) groups is 2. The number of hydrazine groups is 1. The topological polar surface area (TPSA) is 129 Å². The summed E-state index contributed by atoms with van der Waals surface area (Å²) < 4.78 is 0. The lowest BCUT2D eigenvalue weighted by molar-refractivity contribution is -0.133. The molecule has 1 aromatic heterocycles. The molecule has 0 aromatic carbocycles. The monoisotopic (exact) mass is 294 g/mol. The first-order valence-electron chi connectivity index (χ1n) is 6.46. The Morgan fingerprint density at radius 3 is 2.67 bits per heavy atom. The molecule has 114 valence electrons. The Morgan fingerprint density at radius 2 is 2.10 bits per heavy atom. The van der Waals surface area contributed by atoms with Crippen LogP contribution in [0.15, 0.2) is 0 Å². The van der Waals surface area contributed by atoms with Crippen LogP contribution < -0.4 is 26.4 Å². The Bertz CT molecular complexity index is 561. The van der Waals surface area contributed by atoms with Crippen molar-refractivity contribution in [3.05, 3.63) is 0 Å². The molecule has 10 nitrogen and oxygen atoms in total. The third-order valence-electron chi connectivity index (χ3n) is 3.04. The minimum Gasteiger partial charge on any atom is -0.347 e. The SMILES string of the molecule is CCC1C(=O)NC(=O)CN1c1nc(NN)nc(N(C)C)n1. The molecule has 0 aliphatic carbocycles. The fraction of sp³-hybridized carbons (Fsp3) is 0.545. The van der Waals surface area contributed by atoms with E-state index in [1.165, 1.54) is 0 Å². The van der Waals surface area contributed by atoms with E-state index in [2.05, 4.69) is 25.7 Å². The molecule has 2 rings (SSSR count). The van der Waals surface area contributed by atoms with Gasteiger partial charge in [0.25, 0.3) is 0 Å². The van der Waals surface area contributed by atoms with E-state index in [4.69, 9.17) is 5.84 Å². The highest BCUT2D eigenvalue weighted by molar-refractivity contribution is 6.04. The predicted octanol–water partition coefficient (Wildman–Crippen LogP) is -1.54. The average molecular weight is 294 g/mol. The first-order chi connectivity index (χ1) is 9.96. The van der Waals surface area contributed by atoms with Gasteiger partial charge in [0.05, 0.1) is 0 Å². The molecule has 2 amide bonds. The van der Waals surface area contributed by atoms with Crippen LogP contribution in [-0.2, 0) is 9.59 Å². The van der Waals surface area contributed by atoms with Crippen molar-refractivity contribution in [2.75, 3.05) is 35.9 Å². The number of anilines is 3. The molecule has 0 spiro atoms. The minimum absolute atomic E-state index is 0.00510. The highest BCUT2D eigenvalue weighted by Crippen LogP contribution is 2.20. The van der Waals surface area contributed by atoms with Crippen LogP contribution in [-0.4, -0.2) is 53.4 Å². The maximum absolute atomic E-state index is 11.9. The van der Waals surface area contributed by atoms with Gasteiger partial charge in [-0.05, 0) is 6.42 Å². The van der Waals surface area contributed by atoms with Crippen molar-refractivity contribution in [3.63, 3.8) is 0 Å². The summed E-state index contributed by atoms with van der Waals surface area (Å²) >= 11 is 0. The Balaban J connectivity index is 2.44. The molecule has 1 saturated heterocycles. The molecule has 10 heteroatoms. The fourth-order valence-electron chi connectivity index (χ4n) is 2.03. The van der Waals surface area contributed by atoms with Crippen molar-refractivity contribution in [2.45, 2.75) is 19.4 Å². The molecule has 0 saturated carbocycles. The van der Waals surface area contributed by atoms with Gasteiger partial charge in [-0.2, -0.15) is 15.0 Å². The minimum atomic E-state index is -0.509. The quantitative estimate of drug-likeness (QED) is 0.344. The number of piperazine rings is 1. The second kappa shape index (κ2) is 5.87. The molecule has 2 heterocycles. The van der Waals surface area contributed by atoms with Crippen LogP contribution in [0, 0.1) is 0 Å². The number of nitrogens with zero attached hydrogens (tertiary/aromatic N) is 5. The van der Waals surface area contributed by atoms with Gasteiger partial charge >= 0.3 is 0 Å². The number of amides is 2. The molecule has 1 aliphatic heterocycles. The summed E-state index contributed by atoms with van der Waals surface area (Å²) in [7, 11) is 3.54. The van der Waals surface area contributed by atoms with E-state index < -0.39 is 11.9 Å². The molecular formula is C11H18N8O2. The van der Waals surface area contributed by atoms with Gasteiger partial charge in [-0.3, -0.25) is 20.3 Å². The fourth-order valence-corrected chi connectivity index (χ4v) is 2.03. The predicted molar refractivity (Wildman–Crippen MR) is 76.5 cm³/mol. The molecular weight excluding hydrogens is 276 g/mol. The molecule has 0 radical (unpaired) electrons. The van der Waals surface area contributed by atoms with Gasteiger partial charge in [-0.15, -0.1) is 0 Å². The molecule has 1 fully saturated rings. The van der Waals surface area contributed by atoms with E-state index in [0.717, 1.165) is 0 Å². The standard InChI is InChI=1S/C11H18N8O2/c1-4-6-8(21)13-7(20)5-19(6)11-15-9(17-12)14-10(16-11)18(2)3/h6H,4-5,12H2,1-3H3,(H,13,20,21)(H,14,15,16,17). The first-order valence-corrected chi connectivity index (χ1v) is 6.46. The van der Waals surface area contributed by atoms with Crippen LogP contribution in [0.4, 0.5) is 17.8 Å². The lowest BCUT2D eigenvalue weighted by atomic mass is 10.1. The maximum Gasteiger partial charge on any atom is 0.249 e. The molecule has 1 aromatic rings. The Kier molecular flexibility index (Phi) is 4.17. The van der Waals surface area contributed by atoms with Gasteiger partial charge < -0.3 is 9.80 Å². The van der Waals surface area contributed by atoms with Gasteiger partial charge in [0.1, 0.15) is 12.6 Å². The first kappa shape index (κ1) is 14.9. The van der Waals surface area contributed by atoms with Crippen molar-refractivity contribution < 1.29 is 9.59 Å². The number of carbonyl (C=O) groups excluding carboxylic acids is 2. The van der Waals surface area contributed by atoms with Crippen LogP contribution in [0.2, 0.25) is 0 Å². The lowest BCUT2D eigenvalue weighted by Crippen LogP contribution is -2.58. The number of aromatic nitrogens is 3. The Labute approximate surface area is 121 Å². The van der Waals surface area contributed by atoms with E-state index in [-0.39, 0.29) is 24.3 Å². The summed E-state index contributed by atoms with van der Waals surface area (Å²) in [6, 6.07) is -0.509. The zero-order valence-electron chi connectivity index (χ0n) is 12.1. The van der Waals surface area contributed by atoms with Crippen molar-refractivity contribution >= 4 is 29.7 Å². The van der Waals surface area contributed by atoms with Gasteiger partial charge in [0, 0.05) is 14.1 Å². The number of hydrogen-bond acceptors (Lipinski definition) is 9. The van der Waals surface area contributed by atoms with Crippen molar-refractivity contribution in [1.82, 2.24) is 20.3 Å². The van der Waals surface area contributed by atoms with Crippen molar-refractivity contribution in [3.8, 4) is 0 Å². The van der Waals surface area contributed by atoms with E-state index in [1.54, 1.807) is 23.9 Å². The summed E-state index contributed by atoms with van der Waals surface area (Å²) in [5.74, 6) is 5.38. The van der Waals surface area contributed by atoms with E-state index >= 15 is 0 Å². The summed E-state index contributed by atoms with van der Waals surface area (Å²) in [6.45, 7) is 1.86. The maximum atomic E-state index is 11.9. The number of hydrogen-bond donors (Lipinski definition) is 3. The van der Waals surface area contributed by atoms with Crippen LogP contribution in [0.1, 0.15) is 13.3 Å². The Hall–Kier alpha value is -2.49. The zero-order valence-corrected chi connectivity index (χ0v) is 12.1. The van der Waals surface area contributed by atoms with Gasteiger partial charge in [0.15, 0.2) is 0 Å². The largest absolute Gasteiger partial charge is 0.347 e. The van der Waals surface area contributed by atoms with Crippen LogP contribution >= 0.6 is 0 Å².